The number of amides is 3. The molecule has 1 aliphatic carbocycles. The molecule has 9 nitrogen and oxygen atoms in total. The number of nitrogens with two attached hydrogens (primary N) is 1. The molecule has 5 atom stereocenters. The van der Waals surface area contributed by atoms with Crippen molar-refractivity contribution < 1.29 is 34.1 Å². The van der Waals surface area contributed by atoms with Gasteiger partial charge in [-0.25, -0.2) is 4.39 Å². The van der Waals surface area contributed by atoms with Gasteiger partial charge in [0.15, 0.2) is 0 Å². The van der Waals surface area contributed by atoms with E-state index >= 15 is 0 Å². The smallest absolute Gasteiger partial charge is 0.252 e. The molecule has 0 aliphatic heterocycles. The first kappa shape index (κ1) is 25.6. The van der Waals surface area contributed by atoms with E-state index in [0.717, 1.165) is 17.7 Å². The fourth-order valence-corrected chi connectivity index (χ4v) is 4.06. The number of aliphatic hydroxyl groups excluding tert-OH is 2. The van der Waals surface area contributed by atoms with Crippen molar-refractivity contribution in [1.29, 1.82) is 0 Å². The highest BCUT2D eigenvalue weighted by Crippen LogP contribution is 2.30. The quantitative estimate of drug-likeness (QED) is 0.319. The Hall–Kier alpha value is -3.05. The molecule has 34 heavy (non-hydrogen) atoms. The molecule has 1 aliphatic rings. The Balaban J connectivity index is 1.73. The fourth-order valence-electron chi connectivity index (χ4n) is 3.88. The average Bonchev–Trinajstić information content (AvgIpc) is 2.79. The van der Waals surface area contributed by atoms with E-state index < -0.39 is 66.3 Å². The van der Waals surface area contributed by atoms with Crippen LogP contribution >= 0.6 is 11.6 Å². The van der Waals surface area contributed by atoms with Crippen LogP contribution < -0.4 is 16.4 Å². The van der Waals surface area contributed by atoms with Crippen molar-refractivity contribution in [2.45, 2.75) is 49.2 Å². The van der Waals surface area contributed by atoms with Crippen LogP contribution in [0, 0.1) is 5.82 Å². The second kappa shape index (κ2) is 10.5. The normalized spacial score (nSPS) is 25.3. The summed E-state index contributed by atoms with van der Waals surface area (Å²) in [7, 11) is 0. The van der Waals surface area contributed by atoms with Crippen molar-refractivity contribution in [2.75, 3.05) is 0 Å². The van der Waals surface area contributed by atoms with Gasteiger partial charge in [-0.15, -0.1) is 0 Å². The van der Waals surface area contributed by atoms with Gasteiger partial charge in [0, 0.05) is 24.8 Å². The van der Waals surface area contributed by atoms with Crippen LogP contribution in [0.2, 0.25) is 5.02 Å². The molecule has 0 unspecified atom stereocenters. The predicted molar refractivity (Wildman–Crippen MR) is 120 cm³/mol. The van der Waals surface area contributed by atoms with E-state index in [4.69, 9.17) is 17.3 Å². The first-order valence-electron chi connectivity index (χ1n) is 10.5. The number of aliphatic hydroxyl groups is 3. The Morgan fingerprint density at radius 1 is 1.15 bits per heavy atom. The molecule has 11 heteroatoms. The van der Waals surface area contributed by atoms with Crippen LogP contribution in [-0.2, 0) is 16.0 Å². The summed E-state index contributed by atoms with van der Waals surface area (Å²) >= 11 is 5.70. The van der Waals surface area contributed by atoms with Crippen LogP contribution in [0.3, 0.4) is 0 Å². The van der Waals surface area contributed by atoms with Crippen LogP contribution in [0.5, 0.6) is 0 Å². The lowest BCUT2D eigenvalue weighted by atomic mass is 9.77. The van der Waals surface area contributed by atoms with E-state index in [1.807, 2.05) is 0 Å². The summed E-state index contributed by atoms with van der Waals surface area (Å²) in [4.78, 5) is 37.4. The summed E-state index contributed by atoms with van der Waals surface area (Å²) < 4.78 is 13.4. The van der Waals surface area contributed by atoms with Crippen LogP contribution in [0.1, 0.15) is 28.8 Å². The first-order valence-corrected chi connectivity index (χ1v) is 10.9. The topological polar surface area (TPSA) is 162 Å². The van der Waals surface area contributed by atoms with Gasteiger partial charge in [0.25, 0.3) is 11.8 Å². The summed E-state index contributed by atoms with van der Waals surface area (Å²) in [5.41, 5.74) is 3.89. The molecule has 1 fully saturated rings. The lowest BCUT2D eigenvalue weighted by molar-refractivity contribution is -0.159. The van der Waals surface area contributed by atoms with E-state index in [1.165, 1.54) is 6.07 Å². The van der Waals surface area contributed by atoms with Crippen LogP contribution in [0.15, 0.2) is 48.5 Å². The molecular weight excluding hydrogens is 469 g/mol. The molecule has 0 spiro atoms. The van der Waals surface area contributed by atoms with E-state index in [1.54, 1.807) is 30.3 Å². The number of benzene rings is 2. The number of nitrogens with one attached hydrogen (secondary N) is 2. The molecule has 3 amide bonds. The number of hydrogen-bond acceptors (Lipinski definition) is 6. The summed E-state index contributed by atoms with van der Waals surface area (Å²) in [6, 6.07) is 9.63. The average molecular weight is 494 g/mol. The Bertz CT molecular complexity index is 1070. The number of hydrogen-bond donors (Lipinski definition) is 6. The Kier molecular flexibility index (Phi) is 7.88. The minimum absolute atomic E-state index is 0.0247. The lowest BCUT2D eigenvalue weighted by Gasteiger charge is -2.41. The molecule has 0 radical (unpaired) electrons. The number of primary amides is 1. The molecule has 3 rings (SSSR count). The van der Waals surface area contributed by atoms with Gasteiger partial charge in [0.2, 0.25) is 5.91 Å². The van der Waals surface area contributed by atoms with Gasteiger partial charge in [-0.3, -0.25) is 14.4 Å². The maximum absolute atomic E-state index is 13.4. The minimum atomic E-state index is -2.22. The monoisotopic (exact) mass is 493 g/mol. The maximum atomic E-state index is 13.4. The van der Waals surface area contributed by atoms with Crippen LogP contribution in [0.25, 0.3) is 0 Å². The van der Waals surface area contributed by atoms with Gasteiger partial charge in [0.1, 0.15) is 23.6 Å². The molecule has 7 N–H and O–H groups in total. The maximum Gasteiger partial charge on any atom is 0.252 e. The Morgan fingerprint density at radius 2 is 1.82 bits per heavy atom. The van der Waals surface area contributed by atoms with Gasteiger partial charge in [-0.1, -0.05) is 41.9 Å². The Labute approximate surface area is 199 Å². The molecule has 0 bridgehead atoms. The third kappa shape index (κ3) is 5.89. The third-order valence-electron chi connectivity index (χ3n) is 5.76. The zero-order valence-electron chi connectivity index (χ0n) is 17.9. The second-order valence-electron chi connectivity index (χ2n) is 8.32. The highest BCUT2D eigenvalue weighted by molar-refractivity contribution is 6.31. The van der Waals surface area contributed by atoms with Crippen molar-refractivity contribution in [1.82, 2.24) is 10.6 Å². The summed E-state index contributed by atoms with van der Waals surface area (Å²) in [6.07, 6.45) is -3.98. The first-order chi connectivity index (χ1) is 16.0. The fraction of sp³-hybridized carbons (Fsp3) is 0.348. The molecule has 2 aromatic rings. The highest BCUT2D eigenvalue weighted by Gasteiger charge is 2.49. The second-order valence-corrected chi connectivity index (χ2v) is 8.73. The minimum Gasteiger partial charge on any atom is -0.390 e. The number of carbonyl (C=O) groups is 3. The summed E-state index contributed by atoms with van der Waals surface area (Å²) in [6.45, 7) is 0. The summed E-state index contributed by atoms with van der Waals surface area (Å²) in [5.74, 6) is -3.30. The number of rotatable bonds is 7. The zero-order chi connectivity index (χ0) is 25.0. The van der Waals surface area contributed by atoms with E-state index in [-0.39, 0.29) is 17.0 Å². The summed E-state index contributed by atoms with van der Waals surface area (Å²) in [5, 5.41) is 36.2. The SMILES string of the molecule is NC(=O)[C@@H](Cc1ccccc1)NC(=O)[C@]1(O)C[C@@H](O)[C@H](O)[C@@H](NC(=O)c2ccc(F)c(Cl)c2)C1. The van der Waals surface area contributed by atoms with Crippen molar-refractivity contribution >= 4 is 29.3 Å². The number of halogens is 2. The Morgan fingerprint density at radius 3 is 2.44 bits per heavy atom. The van der Waals surface area contributed by atoms with Gasteiger partial charge < -0.3 is 31.7 Å². The molecular formula is C23H25ClFN3O6. The highest BCUT2D eigenvalue weighted by atomic mass is 35.5. The van der Waals surface area contributed by atoms with Crippen molar-refractivity contribution in [3.05, 3.63) is 70.5 Å². The van der Waals surface area contributed by atoms with Gasteiger partial charge in [-0.2, -0.15) is 0 Å². The van der Waals surface area contributed by atoms with Gasteiger partial charge in [-0.05, 0) is 23.8 Å². The van der Waals surface area contributed by atoms with E-state index in [0.29, 0.717) is 0 Å². The van der Waals surface area contributed by atoms with E-state index in [9.17, 15) is 34.1 Å². The molecule has 0 heterocycles. The van der Waals surface area contributed by atoms with Crippen molar-refractivity contribution in [3.8, 4) is 0 Å². The molecule has 0 saturated heterocycles. The molecule has 1 saturated carbocycles. The van der Waals surface area contributed by atoms with Crippen molar-refractivity contribution in [3.63, 3.8) is 0 Å². The van der Waals surface area contributed by atoms with E-state index in [2.05, 4.69) is 10.6 Å². The zero-order valence-corrected chi connectivity index (χ0v) is 18.7. The van der Waals surface area contributed by atoms with Crippen LogP contribution in [0.4, 0.5) is 4.39 Å². The molecule has 2 aromatic carbocycles. The van der Waals surface area contributed by atoms with Crippen molar-refractivity contribution in [2.24, 2.45) is 5.73 Å². The standard InChI is InChI=1S/C23H25ClFN3O6/c24-14-9-13(6-7-15(14)25)21(32)27-17-10-23(34,11-18(29)19(17)30)22(33)28-16(20(26)31)8-12-4-2-1-3-5-12/h1-7,9,16-19,29-30,34H,8,10-11H2,(H2,26,31)(H,27,32)(H,28,33)/t16-,17+,18-,19-,23-/m1/s1. The van der Waals surface area contributed by atoms with Gasteiger partial charge >= 0.3 is 0 Å². The molecule has 0 aromatic heterocycles. The lowest BCUT2D eigenvalue weighted by Crippen LogP contribution is -2.64. The predicted octanol–water partition coefficient (Wildman–Crippen LogP) is 0.0370. The van der Waals surface area contributed by atoms with Crippen LogP contribution in [-0.4, -0.2) is 62.9 Å². The van der Waals surface area contributed by atoms with Gasteiger partial charge in [0.05, 0.1) is 17.2 Å². The largest absolute Gasteiger partial charge is 0.390 e. The third-order valence-corrected chi connectivity index (χ3v) is 6.05. The molecule has 182 valence electrons. The number of carbonyl (C=O) groups excluding carboxylic acids is 3.